The second-order valence-corrected chi connectivity index (χ2v) is 6.48. The Morgan fingerprint density at radius 1 is 1.08 bits per heavy atom. The molecule has 0 saturated carbocycles. The first-order valence-corrected chi connectivity index (χ1v) is 9.06. The van der Waals surface area contributed by atoms with Gasteiger partial charge < -0.3 is 20.0 Å². The van der Waals surface area contributed by atoms with E-state index in [0.29, 0.717) is 22.3 Å². The first-order chi connectivity index (χ1) is 12.5. The topological polar surface area (TPSA) is 104 Å². The molecule has 0 aliphatic carbocycles. The number of esters is 1. The van der Waals surface area contributed by atoms with E-state index in [1.54, 1.807) is 42.1 Å². The third kappa shape index (κ3) is 3.97. The van der Waals surface area contributed by atoms with Crippen LogP contribution in [-0.2, 0) is 9.53 Å². The quantitative estimate of drug-likeness (QED) is 0.473. The molecule has 0 aliphatic rings. The number of amides is 1. The molecule has 0 bridgehead atoms. The van der Waals surface area contributed by atoms with Crippen molar-refractivity contribution < 1.29 is 14.3 Å². The summed E-state index contributed by atoms with van der Waals surface area (Å²) in [6.07, 6.45) is 0.976. The Morgan fingerprint density at radius 3 is 2.46 bits per heavy atom. The normalized spacial score (nSPS) is 11.9. The van der Waals surface area contributed by atoms with Gasteiger partial charge >= 0.3 is 11.7 Å². The van der Waals surface area contributed by atoms with Crippen LogP contribution < -0.4 is 11.0 Å². The number of imidazole rings is 1. The summed E-state index contributed by atoms with van der Waals surface area (Å²) < 4.78 is 5.21. The van der Waals surface area contributed by atoms with Crippen LogP contribution in [0.25, 0.3) is 11.0 Å². The van der Waals surface area contributed by atoms with Crippen molar-refractivity contribution in [3.05, 3.63) is 58.5 Å². The summed E-state index contributed by atoms with van der Waals surface area (Å²) in [6.45, 7) is 1.50. The Balaban J connectivity index is 1.64. The average molecular weight is 371 g/mol. The van der Waals surface area contributed by atoms with Gasteiger partial charge in [0, 0.05) is 10.6 Å². The second kappa shape index (κ2) is 7.49. The van der Waals surface area contributed by atoms with E-state index in [2.05, 4.69) is 15.3 Å². The number of benzene rings is 2. The number of nitrogens with one attached hydrogen (secondary N) is 3. The molecular formula is C18H17N3O4S. The predicted octanol–water partition coefficient (Wildman–Crippen LogP) is 2.76. The Morgan fingerprint density at radius 2 is 1.77 bits per heavy atom. The molecule has 1 heterocycles. The summed E-state index contributed by atoms with van der Waals surface area (Å²) in [4.78, 5) is 41.9. The Kier molecular flexibility index (Phi) is 5.13. The number of thioether (sulfide) groups is 1. The van der Waals surface area contributed by atoms with Crippen molar-refractivity contribution in [2.45, 2.75) is 17.9 Å². The van der Waals surface area contributed by atoms with Gasteiger partial charge in [-0.2, -0.15) is 0 Å². The van der Waals surface area contributed by atoms with E-state index in [1.165, 1.54) is 6.92 Å². The molecule has 8 heteroatoms. The van der Waals surface area contributed by atoms with E-state index in [9.17, 15) is 14.4 Å². The molecule has 0 unspecified atom stereocenters. The lowest BCUT2D eigenvalue weighted by Gasteiger charge is -2.13. The third-order valence-corrected chi connectivity index (χ3v) is 4.51. The van der Waals surface area contributed by atoms with Gasteiger partial charge in [0.25, 0.3) is 5.91 Å². The first-order valence-electron chi connectivity index (χ1n) is 7.84. The molecule has 3 aromatic rings. The zero-order chi connectivity index (χ0) is 18.7. The van der Waals surface area contributed by atoms with E-state index >= 15 is 0 Å². The smallest absolute Gasteiger partial charge is 0.338 e. The van der Waals surface area contributed by atoms with Crippen molar-refractivity contribution in [3.8, 4) is 0 Å². The van der Waals surface area contributed by atoms with Crippen LogP contribution in [-0.4, -0.2) is 34.2 Å². The lowest BCUT2D eigenvalue weighted by molar-refractivity contribution is -0.123. The number of anilines is 1. The lowest BCUT2D eigenvalue weighted by atomic mass is 10.2. The minimum absolute atomic E-state index is 0.321. The van der Waals surface area contributed by atoms with E-state index in [-0.39, 0.29) is 5.69 Å². The van der Waals surface area contributed by atoms with Crippen LogP contribution in [0.1, 0.15) is 17.3 Å². The van der Waals surface area contributed by atoms with Gasteiger partial charge in [0.1, 0.15) is 0 Å². The Hall–Kier alpha value is -3.00. The fourth-order valence-corrected chi connectivity index (χ4v) is 2.77. The standard InChI is InChI=1S/C18H17N3O4S/c1-10(25-17(23)11-3-6-13(26-2)7-4-11)16(22)19-12-5-8-14-15(9-12)21-18(24)20-14/h3-10H,1-2H3,(H,19,22)(H2,20,21,24)/t10-/m1/s1. The van der Waals surface area contributed by atoms with E-state index in [1.807, 2.05) is 18.4 Å². The van der Waals surface area contributed by atoms with Crippen LogP contribution >= 0.6 is 11.8 Å². The summed E-state index contributed by atoms with van der Waals surface area (Å²) in [7, 11) is 0. The van der Waals surface area contributed by atoms with Crippen LogP contribution in [0.3, 0.4) is 0 Å². The summed E-state index contributed by atoms with van der Waals surface area (Å²) >= 11 is 1.57. The molecule has 7 nitrogen and oxygen atoms in total. The van der Waals surface area contributed by atoms with Crippen molar-refractivity contribution in [2.75, 3.05) is 11.6 Å². The summed E-state index contributed by atoms with van der Waals surface area (Å²) in [5.74, 6) is -1.03. The molecule has 3 N–H and O–H groups in total. The zero-order valence-corrected chi connectivity index (χ0v) is 15.0. The van der Waals surface area contributed by atoms with Gasteiger partial charge in [-0.15, -0.1) is 11.8 Å². The van der Waals surface area contributed by atoms with Crippen LogP contribution in [0.5, 0.6) is 0 Å². The van der Waals surface area contributed by atoms with Crippen molar-refractivity contribution >= 4 is 40.4 Å². The lowest BCUT2D eigenvalue weighted by Crippen LogP contribution is -2.30. The van der Waals surface area contributed by atoms with Gasteiger partial charge in [-0.3, -0.25) is 4.79 Å². The van der Waals surface area contributed by atoms with Crippen LogP contribution in [0, 0.1) is 0 Å². The van der Waals surface area contributed by atoms with E-state index in [4.69, 9.17) is 4.74 Å². The maximum Gasteiger partial charge on any atom is 0.338 e. The number of H-pyrrole nitrogens is 2. The molecule has 0 saturated heterocycles. The highest BCUT2D eigenvalue weighted by atomic mass is 32.2. The highest BCUT2D eigenvalue weighted by Gasteiger charge is 2.19. The zero-order valence-electron chi connectivity index (χ0n) is 14.2. The molecule has 26 heavy (non-hydrogen) atoms. The number of aromatic amines is 2. The molecule has 0 aliphatic heterocycles. The predicted molar refractivity (Wildman–Crippen MR) is 101 cm³/mol. The number of carbonyl (C=O) groups excluding carboxylic acids is 2. The molecule has 2 aromatic carbocycles. The Labute approximate surface area is 153 Å². The van der Waals surface area contributed by atoms with Gasteiger partial charge in [-0.05, 0) is 55.6 Å². The maximum absolute atomic E-state index is 12.2. The molecule has 1 amide bonds. The maximum atomic E-state index is 12.2. The van der Waals surface area contributed by atoms with Crippen molar-refractivity contribution in [1.82, 2.24) is 9.97 Å². The van der Waals surface area contributed by atoms with Gasteiger partial charge in [0.05, 0.1) is 16.6 Å². The SMILES string of the molecule is CSc1ccc(C(=O)O[C@H](C)C(=O)Nc2ccc3[nH]c(=O)[nH]c3c2)cc1. The van der Waals surface area contributed by atoms with Gasteiger partial charge in [-0.25, -0.2) is 9.59 Å². The molecule has 1 aromatic heterocycles. The fourth-order valence-electron chi connectivity index (χ4n) is 2.36. The molecule has 0 spiro atoms. The molecule has 0 radical (unpaired) electrons. The van der Waals surface area contributed by atoms with E-state index in [0.717, 1.165) is 4.90 Å². The third-order valence-electron chi connectivity index (χ3n) is 3.76. The van der Waals surface area contributed by atoms with Gasteiger partial charge in [0.2, 0.25) is 0 Å². The minimum Gasteiger partial charge on any atom is -0.449 e. The van der Waals surface area contributed by atoms with Gasteiger partial charge in [-0.1, -0.05) is 0 Å². The number of ether oxygens (including phenoxy) is 1. The molecule has 1 atom stereocenters. The largest absolute Gasteiger partial charge is 0.449 e. The number of rotatable bonds is 5. The highest BCUT2D eigenvalue weighted by Crippen LogP contribution is 2.17. The molecule has 134 valence electrons. The molecule has 3 rings (SSSR count). The fraction of sp³-hybridized carbons (Fsp3) is 0.167. The van der Waals surface area contributed by atoms with Crippen molar-refractivity contribution in [1.29, 1.82) is 0 Å². The summed E-state index contributed by atoms with van der Waals surface area (Å²) in [5.41, 5.74) is 1.77. The number of hydrogen-bond acceptors (Lipinski definition) is 5. The van der Waals surface area contributed by atoms with Crippen LogP contribution in [0.4, 0.5) is 5.69 Å². The van der Waals surface area contributed by atoms with E-state index < -0.39 is 18.0 Å². The number of hydrogen-bond donors (Lipinski definition) is 3. The summed E-state index contributed by atoms with van der Waals surface area (Å²) in [5, 5.41) is 2.66. The summed E-state index contributed by atoms with van der Waals surface area (Å²) in [6, 6.07) is 11.9. The minimum atomic E-state index is -0.969. The molecular weight excluding hydrogens is 354 g/mol. The van der Waals surface area contributed by atoms with Crippen molar-refractivity contribution in [2.24, 2.45) is 0 Å². The number of carbonyl (C=O) groups is 2. The monoisotopic (exact) mass is 371 g/mol. The Bertz CT molecular complexity index is 1010. The van der Waals surface area contributed by atoms with Crippen LogP contribution in [0.2, 0.25) is 0 Å². The number of aromatic nitrogens is 2. The average Bonchev–Trinajstić information content (AvgIpc) is 3.00. The molecule has 0 fully saturated rings. The van der Waals surface area contributed by atoms with Gasteiger partial charge in [0.15, 0.2) is 6.10 Å². The van der Waals surface area contributed by atoms with Crippen molar-refractivity contribution in [3.63, 3.8) is 0 Å². The number of fused-ring (bicyclic) bond motifs is 1. The second-order valence-electron chi connectivity index (χ2n) is 5.60. The first kappa shape index (κ1) is 17.8. The highest BCUT2D eigenvalue weighted by molar-refractivity contribution is 7.98. The van der Waals surface area contributed by atoms with Crippen LogP contribution in [0.15, 0.2) is 52.2 Å².